The monoisotopic (exact) mass is 284 g/mol. The van der Waals surface area contributed by atoms with E-state index in [4.69, 9.17) is 16.7 Å². The molecule has 0 saturated carbocycles. The van der Waals surface area contributed by atoms with Crippen LogP contribution in [0.15, 0.2) is 18.2 Å². The summed E-state index contributed by atoms with van der Waals surface area (Å²) in [4.78, 5) is 10.7. The van der Waals surface area contributed by atoms with Gasteiger partial charge in [0.2, 0.25) is 0 Å². The molecule has 0 amide bonds. The van der Waals surface area contributed by atoms with E-state index in [1.807, 2.05) is 0 Å². The summed E-state index contributed by atoms with van der Waals surface area (Å²) in [7, 11) is 0. The van der Waals surface area contributed by atoms with Gasteiger partial charge in [-0.15, -0.1) is 5.10 Å². The number of rotatable bonds is 4. The van der Waals surface area contributed by atoms with Crippen molar-refractivity contribution in [3.05, 3.63) is 29.0 Å². The van der Waals surface area contributed by atoms with Crippen molar-refractivity contribution in [2.75, 3.05) is 0 Å². The lowest BCUT2D eigenvalue weighted by Crippen LogP contribution is -2.13. The topological polar surface area (TPSA) is 80.9 Å². The van der Waals surface area contributed by atoms with Crippen molar-refractivity contribution in [2.24, 2.45) is 0 Å². The first-order valence-corrected chi connectivity index (χ1v) is 5.82. The van der Waals surface area contributed by atoms with Gasteiger partial charge in [-0.1, -0.05) is 11.6 Å². The molecule has 1 atom stereocenters. The van der Waals surface area contributed by atoms with Crippen molar-refractivity contribution in [1.82, 2.24) is 20.2 Å². The average Bonchev–Trinajstić information content (AvgIpc) is 2.81. The van der Waals surface area contributed by atoms with E-state index in [1.165, 1.54) is 22.9 Å². The Bertz CT molecular complexity index is 616. The lowest BCUT2D eigenvalue weighted by molar-refractivity contribution is -0.137. The van der Waals surface area contributed by atoms with E-state index in [0.29, 0.717) is 11.4 Å². The minimum absolute atomic E-state index is 0.0436. The Kier molecular flexibility index (Phi) is 3.75. The molecule has 0 spiro atoms. The minimum Gasteiger partial charge on any atom is -0.481 e. The summed E-state index contributed by atoms with van der Waals surface area (Å²) < 4.78 is 14.5. The lowest BCUT2D eigenvalue weighted by Gasteiger charge is -2.11. The van der Waals surface area contributed by atoms with Crippen LogP contribution in [0.5, 0.6) is 0 Å². The third kappa shape index (κ3) is 2.87. The number of nitrogens with zero attached hydrogens (tertiary/aromatic N) is 4. The van der Waals surface area contributed by atoms with E-state index in [9.17, 15) is 9.18 Å². The van der Waals surface area contributed by atoms with Crippen LogP contribution in [0.2, 0.25) is 5.02 Å². The molecule has 1 unspecified atom stereocenters. The van der Waals surface area contributed by atoms with Gasteiger partial charge < -0.3 is 5.11 Å². The maximum Gasteiger partial charge on any atom is 0.305 e. The molecule has 2 aromatic rings. The Balaban J connectivity index is 2.38. The van der Waals surface area contributed by atoms with Gasteiger partial charge in [0.1, 0.15) is 5.82 Å². The molecule has 8 heteroatoms. The van der Waals surface area contributed by atoms with Crippen LogP contribution in [0, 0.1) is 5.82 Å². The number of benzene rings is 1. The van der Waals surface area contributed by atoms with Crippen LogP contribution >= 0.6 is 11.6 Å². The van der Waals surface area contributed by atoms with Gasteiger partial charge >= 0.3 is 5.97 Å². The van der Waals surface area contributed by atoms with Gasteiger partial charge in [0.15, 0.2) is 5.82 Å². The Hall–Kier alpha value is -2.02. The number of carboxylic acids is 1. The molecule has 0 radical (unpaired) electrons. The Labute approximate surface area is 112 Å². The van der Waals surface area contributed by atoms with Crippen LogP contribution in [0.4, 0.5) is 4.39 Å². The number of aromatic nitrogens is 4. The molecule has 1 aromatic heterocycles. The van der Waals surface area contributed by atoms with E-state index in [-0.39, 0.29) is 11.4 Å². The van der Waals surface area contributed by atoms with Gasteiger partial charge in [0.05, 0.1) is 17.5 Å². The van der Waals surface area contributed by atoms with Crippen molar-refractivity contribution in [2.45, 2.75) is 19.4 Å². The van der Waals surface area contributed by atoms with Crippen LogP contribution in [0.3, 0.4) is 0 Å². The Morgan fingerprint density at radius 1 is 1.58 bits per heavy atom. The van der Waals surface area contributed by atoms with E-state index < -0.39 is 17.8 Å². The average molecular weight is 285 g/mol. The number of carboxylic acid groups (broad SMARTS) is 1. The van der Waals surface area contributed by atoms with Crippen LogP contribution in [0.1, 0.15) is 19.4 Å². The number of carbonyl (C=O) groups is 1. The van der Waals surface area contributed by atoms with Crippen molar-refractivity contribution < 1.29 is 14.3 Å². The summed E-state index contributed by atoms with van der Waals surface area (Å²) in [6.45, 7) is 1.68. The van der Waals surface area contributed by atoms with Crippen molar-refractivity contribution in [3.63, 3.8) is 0 Å². The zero-order valence-corrected chi connectivity index (χ0v) is 10.7. The van der Waals surface area contributed by atoms with Crippen LogP contribution in [0.25, 0.3) is 11.4 Å². The Morgan fingerprint density at radius 2 is 2.32 bits per heavy atom. The zero-order chi connectivity index (χ0) is 14.0. The highest BCUT2D eigenvalue weighted by Gasteiger charge is 2.17. The minimum atomic E-state index is -0.953. The number of tetrazole rings is 1. The summed E-state index contributed by atoms with van der Waals surface area (Å²) in [5, 5.41) is 19.8. The fourth-order valence-corrected chi connectivity index (χ4v) is 1.84. The molecule has 0 aliphatic rings. The third-order valence-electron chi connectivity index (χ3n) is 2.56. The molecule has 0 aliphatic heterocycles. The van der Waals surface area contributed by atoms with Gasteiger partial charge in [-0.3, -0.25) is 4.79 Å². The predicted molar refractivity (Wildman–Crippen MR) is 65.2 cm³/mol. The maximum absolute atomic E-state index is 13.1. The van der Waals surface area contributed by atoms with E-state index in [1.54, 1.807) is 6.92 Å². The summed E-state index contributed by atoms with van der Waals surface area (Å²) >= 11 is 5.70. The van der Waals surface area contributed by atoms with Crippen molar-refractivity contribution >= 4 is 17.6 Å². The molecule has 1 N–H and O–H groups in total. The molecule has 2 rings (SSSR count). The molecule has 6 nitrogen and oxygen atoms in total. The van der Waals surface area contributed by atoms with Crippen LogP contribution in [-0.4, -0.2) is 31.3 Å². The highest BCUT2D eigenvalue weighted by Crippen LogP contribution is 2.25. The summed E-state index contributed by atoms with van der Waals surface area (Å²) in [5.74, 6) is -1.15. The van der Waals surface area contributed by atoms with Crippen molar-refractivity contribution in [3.8, 4) is 11.4 Å². The van der Waals surface area contributed by atoms with E-state index >= 15 is 0 Å². The first-order chi connectivity index (χ1) is 8.99. The van der Waals surface area contributed by atoms with Gasteiger partial charge in [-0.2, -0.15) is 0 Å². The normalized spacial score (nSPS) is 12.4. The second-order valence-electron chi connectivity index (χ2n) is 4.02. The van der Waals surface area contributed by atoms with Crippen molar-refractivity contribution in [1.29, 1.82) is 0 Å². The predicted octanol–water partition coefficient (Wildman–Crippen LogP) is 2.17. The number of hydrogen-bond donors (Lipinski definition) is 1. The van der Waals surface area contributed by atoms with E-state index in [0.717, 1.165) is 0 Å². The molecular weight excluding hydrogens is 275 g/mol. The summed E-state index contributed by atoms with van der Waals surface area (Å²) in [6.07, 6.45) is -0.118. The van der Waals surface area contributed by atoms with Gasteiger partial charge in [0.25, 0.3) is 0 Å². The molecule has 0 saturated heterocycles. The van der Waals surface area contributed by atoms with E-state index in [2.05, 4.69) is 15.5 Å². The standard InChI is InChI=1S/C11H10ClFN4O2/c1-6(4-10(18)19)17-11(14-15-16-17)7-2-3-9(13)8(12)5-7/h2-3,5-6H,4H2,1H3,(H,18,19). The number of halogens is 2. The van der Waals surface area contributed by atoms with Crippen LogP contribution in [-0.2, 0) is 4.79 Å². The SMILES string of the molecule is CC(CC(=O)O)n1nnnc1-c1ccc(F)c(Cl)c1. The van der Waals surface area contributed by atoms with Gasteiger partial charge in [-0.25, -0.2) is 9.07 Å². The summed E-state index contributed by atoms with van der Waals surface area (Å²) in [5.41, 5.74) is 0.522. The fourth-order valence-electron chi connectivity index (χ4n) is 1.65. The third-order valence-corrected chi connectivity index (χ3v) is 2.85. The molecule has 100 valence electrons. The quantitative estimate of drug-likeness (QED) is 0.930. The Morgan fingerprint density at radius 3 is 2.95 bits per heavy atom. The fraction of sp³-hybridized carbons (Fsp3) is 0.273. The first-order valence-electron chi connectivity index (χ1n) is 5.44. The number of hydrogen-bond acceptors (Lipinski definition) is 4. The molecular formula is C11H10ClFN4O2. The molecule has 0 fully saturated rings. The molecule has 1 aromatic carbocycles. The van der Waals surface area contributed by atoms with Crippen LogP contribution < -0.4 is 0 Å². The highest BCUT2D eigenvalue weighted by molar-refractivity contribution is 6.31. The lowest BCUT2D eigenvalue weighted by atomic mass is 10.2. The highest BCUT2D eigenvalue weighted by atomic mass is 35.5. The smallest absolute Gasteiger partial charge is 0.305 e. The second kappa shape index (κ2) is 5.31. The van der Waals surface area contributed by atoms with Gasteiger partial charge in [0, 0.05) is 5.56 Å². The second-order valence-corrected chi connectivity index (χ2v) is 4.43. The number of aliphatic carboxylic acids is 1. The van der Waals surface area contributed by atoms with Gasteiger partial charge in [-0.05, 0) is 35.5 Å². The maximum atomic E-state index is 13.1. The largest absolute Gasteiger partial charge is 0.481 e. The molecule has 19 heavy (non-hydrogen) atoms. The molecule has 0 aliphatic carbocycles. The molecule has 0 bridgehead atoms. The zero-order valence-electron chi connectivity index (χ0n) is 9.92. The summed E-state index contributed by atoms with van der Waals surface area (Å²) in [6, 6.07) is 3.66. The molecule has 1 heterocycles. The first kappa shape index (κ1) is 13.4.